The van der Waals surface area contributed by atoms with Gasteiger partial charge in [-0.05, 0) is 44.0 Å². The first kappa shape index (κ1) is 9.74. The Kier molecular flexibility index (Phi) is 3.29. The molecule has 2 nitrogen and oxygen atoms in total. The smallest absolute Gasteiger partial charge is 0.308 e. The molecule has 0 aliphatic rings. The Hall–Kier alpha value is -0.350. The molecule has 4 heteroatoms. The number of para-hydroxylation sites is 1. The fourth-order valence-corrected chi connectivity index (χ4v) is 1.88. The van der Waals surface area contributed by atoms with E-state index in [1.807, 2.05) is 18.2 Å². The zero-order chi connectivity index (χ0) is 9.14. The van der Waals surface area contributed by atoms with Crippen LogP contribution in [0.15, 0.2) is 27.1 Å². The Bertz CT molecular complexity index is 290. The van der Waals surface area contributed by atoms with Crippen molar-refractivity contribution in [2.24, 2.45) is 0 Å². The van der Waals surface area contributed by atoms with Crippen LogP contribution in [0.3, 0.4) is 0 Å². The van der Waals surface area contributed by atoms with E-state index in [-0.39, 0.29) is 5.97 Å². The molecule has 1 aromatic carbocycles. The van der Waals surface area contributed by atoms with Crippen LogP contribution in [0.5, 0.6) is 5.75 Å². The van der Waals surface area contributed by atoms with Crippen molar-refractivity contribution in [2.75, 3.05) is 0 Å². The van der Waals surface area contributed by atoms with Gasteiger partial charge in [-0.2, -0.15) is 0 Å². The number of ether oxygens (including phenoxy) is 1. The number of carbonyl (C=O) groups is 1. The molecule has 0 aliphatic carbocycles. The highest BCUT2D eigenvalue weighted by molar-refractivity contribution is 9.11. The summed E-state index contributed by atoms with van der Waals surface area (Å²) in [5.41, 5.74) is 0. The SMILES string of the molecule is CC(=O)Oc1c(Br)cccc1Br. The zero-order valence-electron chi connectivity index (χ0n) is 6.30. The molecule has 0 heterocycles. The number of carbonyl (C=O) groups excluding carboxylic acids is 1. The maximum atomic E-state index is 10.7. The molecule has 0 saturated carbocycles. The van der Waals surface area contributed by atoms with Gasteiger partial charge in [-0.15, -0.1) is 0 Å². The van der Waals surface area contributed by atoms with Gasteiger partial charge in [-0.25, -0.2) is 0 Å². The van der Waals surface area contributed by atoms with Crippen LogP contribution < -0.4 is 4.74 Å². The van der Waals surface area contributed by atoms with Crippen molar-refractivity contribution in [3.63, 3.8) is 0 Å². The highest BCUT2D eigenvalue weighted by atomic mass is 79.9. The van der Waals surface area contributed by atoms with E-state index in [0.717, 1.165) is 8.95 Å². The third-order valence-electron chi connectivity index (χ3n) is 1.16. The van der Waals surface area contributed by atoms with Crippen LogP contribution in [0.25, 0.3) is 0 Å². The maximum absolute atomic E-state index is 10.7. The lowest BCUT2D eigenvalue weighted by Crippen LogP contribution is -2.02. The van der Waals surface area contributed by atoms with Crippen LogP contribution >= 0.6 is 31.9 Å². The predicted octanol–water partition coefficient (Wildman–Crippen LogP) is 3.14. The Balaban J connectivity index is 3.04. The van der Waals surface area contributed by atoms with Crippen LogP contribution in [0, 0.1) is 0 Å². The Labute approximate surface area is 87.2 Å². The van der Waals surface area contributed by atoms with Crippen molar-refractivity contribution in [3.05, 3.63) is 27.1 Å². The van der Waals surface area contributed by atoms with Crippen molar-refractivity contribution >= 4 is 37.8 Å². The van der Waals surface area contributed by atoms with E-state index in [4.69, 9.17) is 4.74 Å². The lowest BCUT2D eigenvalue weighted by atomic mass is 10.3. The third kappa shape index (κ3) is 2.32. The summed E-state index contributed by atoms with van der Waals surface area (Å²) in [7, 11) is 0. The van der Waals surface area contributed by atoms with Gasteiger partial charge < -0.3 is 4.74 Å². The van der Waals surface area contributed by atoms with Crippen LogP contribution in [0.2, 0.25) is 0 Å². The molecule has 64 valence electrons. The molecule has 1 aromatic rings. The van der Waals surface area contributed by atoms with Crippen LogP contribution in [0.1, 0.15) is 6.92 Å². The standard InChI is InChI=1S/C8H6Br2O2/c1-5(11)12-8-6(9)3-2-4-7(8)10/h2-4H,1H3. The molecule has 0 saturated heterocycles. The second-order valence-electron chi connectivity index (χ2n) is 2.14. The van der Waals surface area contributed by atoms with Crippen molar-refractivity contribution < 1.29 is 9.53 Å². The van der Waals surface area contributed by atoms with Crippen molar-refractivity contribution in [1.29, 1.82) is 0 Å². The molecule has 0 aromatic heterocycles. The molecule has 0 bridgehead atoms. The fourth-order valence-electron chi connectivity index (χ4n) is 0.724. The summed E-state index contributed by atoms with van der Waals surface area (Å²) in [6, 6.07) is 5.47. The van der Waals surface area contributed by atoms with Gasteiger partial charge >= 0.3 is 5.97 Å². The first-order valence-corrected chi connectivity index (χ1v) is 4.82. The third-order valence-corrected chi connectivity index (χ3v) is 2.41. The van der Waals surface area contributed by atoms with E-state index >= 15 is 0 Å². The van der Waals surface area contributed by atoms with Gasteiger partial charge in [-0.3, -0.25) is 4.79 Å². The first-order chi connectivity index (χ1) is 5.61. The normalized spacial score (nSPS) is 9.58. The quantitative estimate of drug-likeness (QED) is 0.587. The Morgan fingerprint density at radius 2 is 1.83 bits per heavy atom. The van der Waals surface area contributed by atoms with Crippen LogP contribution in [-0.2, 0) is 4.79 Å². The van der Waals surface area contributed by atoms with E-state index in [2.05, 4.69) is 31.9 Å². The number of halogens is 2. The number of hydrogen-bond acceptors (Lipinski definition) is 2. The molecule has 1 rings (SSSR count). The largest absolute Gasteiger partial charge is 0.424 e. The molecule has 0 aliphatic heterocycles. The monoisotopic (exact) mass is 292 g/mol. The summed E-state index contributed by atoms with van der Waals surface area (Å²) >= 11 is 6.54. The van der Waals surface area contributed by atoms with Gasteiger partial charge in [0.05, 0.1) is 8.95 Å². The molecule has 0 spiro atoms. The van der Waals surface area contributed by atoms with E-state index in [1.54, 1.807) is 0 Å². The minimum absolute atomic E-state index is 0.331. The lowest BCUT2D eigenvalue weighted by Gasteiger charge is -2.05. The molecular weight excluding hydrogens is 288 g/mol. The number of benzene rings is 1. The molecule has 0 radical (unpaired) electrons. The van der Waals surface area contributed by atoms with Crippen LogP contribution in [0.4, 0.5) is 0 Å². The average Bonchev–Trinajstić information content (AvgIpc) is 1.97. The first-order valence-electron chi connectivity index (χ1n) is 3.23. The maximum Gasteiger partial charge on any atom is 0.308 e. The zero-order valence-corrected chi connectivity index (χ0v) is 9.48. The molecule has 0 N–H and O–H groups in total. The summed E-state index contributed by atoms with van der Waals surface area (Å²) in [6.07, 6.45) is 0. The number of hydrogen-bond donors (Lipinski definition) is 0. The van der Waals surface area contributed by atoms with Gasteiger partial charge in [0.2, 0.25) is 0 Å². The molecule has 0 atom stereocenters. The van der Waals surface area contributed by atoms with E-state index in [9.17, 15) is 4.79 Å². The second kappa shape index (κ2) is 4.05. The van der Waals surface area contributed by atoms with Gasteiger partial charge in [0, 0.05) is 6.92 Å². The van der Waals surface area contributed by atoms with Gasteiger partial charge in [0.15, 0.2) is 5.75 Å². The summed E-state index contributed by atoms with van der Waals surface area (Å²) in [6.45, 7) is 1.37. The fraction of sp³-hybridized carbons (Fsp3) is 0.125. The van der Waals surface area contributed by atoms with Gasteiger partial charge in [0.1, 0.15) is 0 Å². The highest BCUT2D eigenvalue weighted by Gasteiger charge is 2.07. The van der Waals surface area contributed by atoms with E-state index in [0.29, 0.717) is 5.75 Å². The predicted molar refractivity (Wildman–Crippen MR) is 53.2 cm³/mol. The minimum Gasteiger partial charge on any atom is -0.424 e. The van der Waals surface area contributed by atoms with Gasteiger partial charge in [-0.1, -0.05) is 6.07 Å². The molecule has 12 heavy (non-hydrogen) atoms. The summed E-state index contributed by atoms with van der Waals surface area (Å²) in [5.74, 6) is 0.188. The van der Waals surface area contributed by atoms with E-state index in [1.165, 1.54) is 6.92 Å². The number of rotatable bonds is 1. The summed E-state index contributed by atoms with van der Waals surface area (Å²) < 4.78 is 6.46. The Morgan fingerprint density at radius 3 is 2.25 bits per heavy atom. The van der Waals surface area contributed by atoms with Crippen molar-refractivity contribution in [1.82, 2.24) is 0 Å². The van der Waals surface area contributed by atoms with Gasteiger partial charge in [0.25, 0.3) is 0 Å². The topological polar surface area (TPSA) is 26.3 Å². The minimum atomic E-state index is -0.331. The summed E-state index contributed by atoms with van der Waals surface area (Å²) in [4.78, 5) is 10.7. The highest BCUT2D eigenvalue weighted by Crippen LogP contribution is 2.32. The lowest BCUT2D eigenvalue weighted by molar-refractivity contribution is -0.131. The summed E-state index contributed by atoms with van der Waals surface area (Å²) in [5, 5.41) is 0. The molecular formula is C8H6Br2O2. The van der Waals surface area contributed by atoms with E-state index < -0.39 is 0 Å². The molecule has 0 unspecified atom stereocenters. The molecule has 0 amide bonds. The average molecular weight is 294 g/mol. The molecule has 0 fully saturated rings. The number of esters is 1. The van der Waals surface area contributed by atoms with Crippen molar-refractivity contribution in [3.8, 4) is 5.75 Å². The Morgan fingerprint density at radius 1 is 1.33 bits per heavy atom. The van der Waals surface area contributed by atoms with Crippen molar-refractivity contribution in [2.45, 2.75) is 6.92 Å². The second-order valence-corrected chi connectivity index (χ2v) is 3.85. The van der Waals surface area contributed by atoms with Crippen LogP contribution in [-0.4, -0.2) is 5.97 Å².